The fourth-order valence-corrected chi connectivity index (χ4v) is 2.21. The molecule has 0 aromatic heterocycles. The molecule has 102 valence electrons. The molecule has 0 saturated carbocycles. The first kappa shape index (κ1) is 15.0. The molecule has 1 N–H and O–H groups in total. The molecule has 0 fully saturated rings. The monoisotopic (exact) mass is 251 g/mol. The zero-order valence-electron chi connectivity index (χ0n) is 11.9. The van der Waals surface area contributed by atoms with E-state index in [2.05, 4.69) is 25.7 Å². The maximum absolute atomic E-state index is 10.4. The molecular weight excluding hydrogens is 226 g/mol. The third-order valence-electron chi connectivity index (χ3n) is 3.38. The molecule has 0 heterocycles. The van der Waals surface area contributed by atoms with E-state index in [1.807, 2.05) is 31.2 Å². The smallest absolute Gasteiger partial charge is 0.119 e. The summed E-state index contributed by atoms with van der Waals surface area (Å²) in [5.41, 5.74) is 0.942. The van der Waals surface area contributed by atoms with Gasteiger partial charge in [-0.25, -0.2) is 0 Å². The fourth-order valence-electron chi connectivity index (χ4n) is 2.21. The van der Waals surface area contributed by atoms with Crippen LogP contribution in [0.25, 0.3) is 0 Å². The van der Waals surface area contributed by atoms with E-state index >= 15 is 0 Å². The largest absolute Gasteiger partial charge is 0.494 e. The van der Waals surface area contributed by atoms with Crippen LogP contribution in [0.5, 0.6) is 5.75 Å². The van der Waals surface area contributed by atoms with Gasteiger partial charge in [-0.2, -0.15) is 0 Å². The lowest BCUT2D eigenvalue weighted by Gasteiger charge is -2.30. The Morgan fingerprint density at radius 2 is 1.67 bits per heavy atom. The van der Waals surface area contributed by atoms with Crippen molar-refractivity contribution in [2.45, 2.75) is 39.8 Å². The van der Waals surface area contributed by atoms with E-state index in [0.717, 1.165) is 24.4 Å². The minimum atomic E-state index is -0.458. The number of nitrogens with zero attached hydrogens (tertiary/aromatic N) is 1. The van der Waals surface area contributed by atoms with Crippen LogP contribution < -0.4 is 4.74 Å². The van der Waals surface area contributed by atoms with Gasteiger partial charge in [0.25, 0.3) is 0 Å². The standard InChI is InChI=1S/C15H25NO2/c1-5-16(6-2)12(4)15(17)13-8-10-14(11-9-13)18-7-3/h8-12,15,17H,5-7H2,1-4H3/t12-,15-/m1/s1. The Labute approximate surface area is 110 Å². The quantitative estimate of drug-likeness (QED) is 0.809. The van der Waals surface area contributed by atoms with Gasteiger partial charge in [0.1, 0.15) is 5.75 Å². The summed E-state index contributed by atoms with van der Waals surface area (Å²) >= 11 is 0. The molecule has 0 aliphatic carbocycles. The van der Waals surface area contributed by atoms with Gasteiger partial charge < -0.3 is 9.84 Å². The second kappa shape index (κ2) is 7.39. The molecule has 1 rings (SSSR count). The van der Waals surface area contributed by atoms with Gasteiger partial charge in [-0.3, -0.25) is 4.90 Å². The number of ether oxygens (including phenoxy) is 1. The Morgan fingerprint density at radius 1 is 1.11 bits per heavy atom. The van der Waals surface area contributed by atoms with Crippen LogP contribution in [0.1, 0.15) is 39.4 Å². The Hall–Kier alpha value is -1.06. The zero-order chi connectivity index (χ0) is 13.5. The van der Waals surface area contributed by atoms with E-state index < -0.39 is 6.10 Å². The van der Waals surface area contributed by atoms with Crippen molar-refractivity contribution in [3.05, 3.63) is 29.8 Å². The predicted molar refractivity (Wildman–Crippen MR) is 75.0 cm³/mol. The number of aliphatic hydroxyl groups is 1. The second-order valence-electron chi connectivity index (χ2n) is 4.41. The number of hydrogen-bond acceptors (Lipinski definition) is 3. The third kappa shape index (κ3) is 3.72. The molecule has 0 bridgehead atoms. The van der Waals surface area contributed by atoms with Crippen molar-refractivity contribution in [3.8, 4) is 5.75 Å². The lowest BCUT2D eigenvalue weighted by atomic mass is 10.0. The molecule has 2 atom stereocenters. The van der Waals surface area contributed by atoms with E-state index in [1.165, 1.54) is 0 Å². The SMILES string of the molecule is CCOc1ccc([C@H](O)[C@@H](C)N(CC)CC)cc1. The molecule has 0 saturated heterocycles. The van der Waals surface area contributed by atoms with E-state index in [-0.39, 0.29) is 6.04 Å². The van der Waals surface area contributed by atoms with Gasteiger partial charge in [-0.15, -0.1) is 0 Å². The van der Waals surface area contributed by atoms with Crippen molar-refractivity contribution in [3.63, 3.8) is 0 Å². The predicted octanol–water partition coefficient (Wildman–Crippen LogP) is 2.85. The summed E-state index contributed by atoms with van der Waals surface area (Å²) in [6, 6.07) is 7.83. The molecule has 0 unspecified atom stereocenters. The van der Waals surface area contributed by atoms with Gasteiger partial charge in [0.2, 0.25) is 0 Å². The summed E-state index contributed by atoms with van der Waals surface area (Å²) in [5.74, 6) is 0.851. The molecule has 0 aliphatic rings. The van der Waals surface area contributed by atoms with Crippen molar-refractivity contribution < 1.29 is 9.84 Å². The van der Waals surface area contributed by atoms with Gasteiger partial charge in [-0.1, -0.05) is 26.0 Å². The number of hydrogen-bond donors (Lipinski definition) is 1. The number of likely N-dealkylation sites (N-methyl/N-ethyl adjacent to an activating group) is 1. The molecule has 0 radical (unpaired) electrons. The highest BCUT2D eigenvalue weighted by molar-refractivity contribution is 5.29. The Kier molecular flexibility index (Phi) is 6.16. The number of rotatable bonds is 7. The van der Waals surface area contributed by atoms with Crippen LogP contribution in [0.3, 0.4) is 0 Å². The molecule has 0 amide bonds. The van der Waals surface area contributed by atoms with Crippen molar-refractivity contribution in [2.75, 3.05) is 19.7 Å². The summed E-state index contributed by atoms with van der Waals surface area (Å²) in [4.78, 5) is 2.25. The first-order chi connectivity index (χ1) is 8.63. The van der Waals surface area contributed by atoms with Crippen LogP contribution in [0.2, 0.25) is 0 Å². The third-order valence-corrected chi connectivity index (χ3v) is 3.38. The van der Waals surface area contributed by atoms with Crippen molar-refractivity contribution in [2.24, 2.45) is 0 Å². The molecule has 3 nitrogen and oxygen atoms in total. The van der Waals surface area contributed by atoms with Gasteiger partial charge in [-0.05, 0) is 44.6 Å². The van der Waals surface area contributed by atoms with E-state index in [9.17, 15) is 5.11 Å². The molecule has 1 aromatic rings. The molecule has 0 aliphatic heterocycles. The van der Waals surface area contributed by atoms with Gasteiger partial charge in [0, 0.05) is 6.04 Å². The maximum Gasteiger partial charge on any atom is 0.119 e. The molecule has 0 spiro atoms. The molecule has 3 heteroatoms. The lowest BCUT2D eigenvalue weighted by molar-refractivity contribution is 0.0638. The van der Waals surface area contributed by atoms with Crippen LogP contribution >= 0.6 is 0 Å². The van der Waals surface area contributed by atoms with Gasteiger partial charge in [0.05, 0.1) is 12.7 Å². The van der Waals surface area contributed by atoms with Crippen LogP contribution in [-0.2, 0) is 0 Å². The minimum Gasteiger partial charge on any atom is -0.494 e. The number of aliphatic hydroxyl groups excluding tert-OH is 1. The van der Waals surface area contributed by atoms with Crippen molar-refractivity contribution in [1.82, 2.24) is 4.90 Å². The summed E-state index contributed by atoms with van der Waals surface area (Å²) in [6.45, 7) is 10.8. The van der Waals surface area contributed by atoms with Crippen LogP contribution in [0.15, 0.2) is 24.3 Å². The van der Waals surface area contributed by atoms with Crippen LogP contribution in [0.4, 0.5) is 0 Å². The van der Waals surface area contributed by atoms with Crippen LogP contribution in [0, 0.1) is 0 Å². The summed E-state index contributed by atoms with van der Waals surface area (Å²) < 4.78 is 5.40. The van der Waals surface area contributed by atoms with Crippen molar-refractivity contribution in [1.29, 1.82) is 0 Å². The summed E-state index contributed by atoms with van der Waals surface area (Å²) in [5, 5.41) is 10.4. The Balaban J connectivity index is 2.73. The fraction of sp³-hybridized carbons (Fsp3) is 0.600. The molecule has 18 heavy (non-hydrogen) atoms. The first-order valence-corrected chi connectivity index (χ1v) is 6.78. The van der Waals surface area contributed by atoms with E-state index in [1.54, 1.807) is 0 Å². The molecular formula is C15H25NO2. The van der Waals surface area contributed by atoms with Crippen LogP contribution in [-0.4, -0.2) is 35.7 Å². The molecule has 1 aromatic carbocycles. The zero-order valence-corrected chi connectivity index (χ0v) is 11.9. The highest BCUT2D eigenvalue weighted by atomic mass is 16.5. The first-order valence-electron chi connectivity index (χ1n) is 6.78. The maximum atomic E-state index is 10.4. The van der Waals surface area contributed by atoms with Crippen molar-refractivity contribution >= 4 is 0 Å². The highest BCUT2D eigenvalue weighted by Crippen LogP contribution is 2.23. The van der Waals surface area contributed by atoms with E-state index in [4.69, 9.17) is 4.74 Å². The second-order valence-corrected chi connectivity index (χ2v) is 4.41. The minimum absolute atomic E-state index is 0.123. The summed E-state index contributed by atoms with van der Waals surface area (Å²) in [7, 11) is 0. The summed E-state index contributed by atoms with van der Waals surface area (Å²) in [6.07, 6.45) is -0.458. The topological polar surface area (TPSA) is 32.7 Å². The Morgan fingerprint density at radius 3 is 2.11 bits per heavy atom. The average Bonchev–Trinajstić information content (AvgIpc) is 2.40. The highest BCUT2D eigenvalue weighted by Gasteiger charge is 2.20. The van der Waals surface area contributed by atoms with Gasteiger partial charge >= 0.3 is 0 Å². The van der Waals surface area contributed by atoms with E-state index in [0.29, 0.717) is 6.61 Å². The normalized spacial score (nSPS) is 14.6. The average molecular weight is 251 g/mol. The number of benzene rings is 1. The Bertz CT molecular complexity index is 333. The van der Waals surface area contributed by atoms with Gasteiger partial charge in [0.15, 0.2) is 0 Å². The lowest BCUT2D eigenvalue weighted by Crippen LogP contribution is -2.37.